The SMILES string of the molecule is CC(C)NC(CCC[SiH3])(NC(C)C)NC(C)C. The lowest BCUT2D eigenvalue weighted by Crippen LogP contribution is -2.70. The first-order valence-corrected chi connectivity index (χ1v) is 8.56. The Hall–Kier alpha value is 0.0969. The highest BCUT2D eigenvalue weighted by Crippen LogP contribution is 2.12. The molecule has 0 aromatic carbocycles. The summed E-state index contributed by atoms with van der Waals surface area (Å²) >= 11 is 0. The Bertz CT molecular complexity index is 167. The third kappa shape index (κ3) is 7.92. The average Bonchev–Trinajstić information content (AvgIpc) is 2.11. The molecule has 104 valence electrons. The molecule has 0 fully saturated rings. The minimum Gasteiger partial charge on any atom is -0.285 e. The van der Waals surface area contributed by atoms with Crippen molar-refractivity contribution in [3.8, 4) is 0 Å². The van der Waals surface area contributed by atoms with Gasteiger partial charge in [0.1, 0.15) is 5.79 Å². The molecule has 0 radical (unpaired) electrons. The van der Waals surface area contributed by atoms with Gasteiger partial charge in [-0.1, -0.05) is 12.5 Å². The smallest absolute Gasteiger partial charge is 0.124 e. The van der Waals surface area contributed by atoms with Crippen LogP contribution in [0, 0.1) is 0 Å². The van der Waals surface area contributed by atoms with Crippen LogP contribution in [0.15, 0.2) is 0 Å². The van der Waals surface area contributed by atoms with Crippen molar-refractivity contribution in [2.45, 2.75) is 84.3 Å². The zero-order valence-electron chi connectivity index (χ0n) is 12.9. The Labute approximate surface area is 111 Å². The number of hydrogen-bond donors (Lipinski definition) is 3. The highest BCUT2D eigenvalue weighted by molar-refractivity contribution is 6.08. The van der Waals surface area contributed by atoms with Gasteiger partial charge in [-0.25, -0.2) is 0 Å². The van der Waals surface area contributed by atoms with Gasteiger partial charge in [-0.15, -0.1) is 0 Å². The molecular formula is C13H33N3Si. The van der Waals surface area contributed by atoms with Gasteiger partial charge in [-0.2, -0.15) is 0 Å². The van der Waals surface area contributed by atoms with Gasteiger partial charge in [0.15, 0.2) is 0 Å². The second kappa shape index (κ2) is 8.24. The summed E-state index contributed by atoms with van der Waals surface area (Å²) in [4.78, 5) is 0. The van der Waals surface area contributed by atoms with Gasteiger partial charge in [0, 0.05) is 28.4 Å². The summed E-state index contributed by atoms with van der Waals surface area (Å²) in [6, 6.07) is 2.78. The Kier molecular flexibility index (Phi) is 8.29. The Balaban J connectivity index is 4.76. The van der Waals surface area contributed by atoms with Crippen LogP contribution in [0.4, 0.5) is 0 Å². The normalized spacial score (nSPS) is 13.2. The fourth-order valence-electron chi connectivity index (χ4n) is 2.26. The van der Waals surface area contributed by atoms with Crippen molar-refractivity contribution in [1.82, 2.24) is 16.0 Å². The summed E-state index contributed by atoms with van der Waals surface area (Å²) < 4.78 is 0. The molecule has 3 N–H and O–H groups in total. The highest BCUT2D eigenvalue weighted by Gasteiger charge is 2.30. The molecule has 0 aliphatic heterocycles. The molecule has 0 aromatic heterocycles. The molecule has 0 aromatic rings. The monoisotopic (exact) mass is 259 g/mol. The van der Waals surface area contributed by atoms with Gasteiger partial charge in [0.25, 0.3) is 0 Å². The summed E-state index contributed by atoms with van der Waals surface area (Å²) in [6.45, 7) is 13.2. The Morgan fingerprint density at radius 3 is 1.41 bits per heavy atom. The van der Waals surface area contributed by atoms with Crippen LogP contribution < -0.4 is 16.0 Å². The summed E-state index contributed by atoms with van der Waals surface area (Å²) in [6.07, 6.45) is 2.43. The van der Waals surface area contributed by atoms with Crippen LogP contribution in [0.2, 0.25) is 6.04 Å². The lowest BCUT2D eigenvalue weighted by Gasteiger charge is -2.41. The van der Waals surface area contributed by atoms with Crippen molar-refractivity contribution in [1.29, 1.82) is 0 Å². The van der Waals surface area contributed by atoms with Crippen molar-refractivity contribution < 1.29 is 0 Å². The van der Waals surface area contributed by atoms with Gasteiger partial charge in [0.05, 0.1) is 0 Å². The van der Waals surface area contributed by atoms with E-state index < -0.39 is 0 Å². The molecule has 0 aliphatic rings. The van der Waals surface area contributed by atoms with E-state index in [4.69, 9.17) is 0 Å². The highest BCUT2D eigenvalue weighted by atomic mass is 28.1. The van der Waals surface area contributed by atoms with Crippen molar-refractivity contribution in [3.63, 3.8) is 0 Å². The quantitative estimate of drug-likeness (QED) is 0.430. The molecule has 0 saturated heterocycles. The third-order valence-electron chi connectivity index (χ3n) is 2.51. The molecule has 0 atom stereocenters. The first-order chi connectivity index (χ1) is 7.81. The molecular weight excluding hydrogens is 226 g/mol. The van der Waals surface area contributed by atoms with Crippen LogP contribution in [0.25, 0.3) is 0 Å². The zero-order chi connectivity index (χ0) is 13.5. The van der Waals surface area contributed by atoms with Crippen LogP contribution >= 0.6 is 0 Å². The fraction of sp³-hybridized carbons (Fsp3) is 1.00. The molecule has 0 heterocycles. The first kappa shape index (κ1) is 17.1. The summed E-state index contributed by atoms with van der Waals surface area (Å²) in [5.41, 5.74) is 0. The number of nitrogens with one attached hydrogen (secondary N) is 3. The molecule has 0 saturated carbocycles. The topological polar surface area (TPSA) is 36.1 Å². The molecule has 0 bridgehead atoms. The van der Waals surface area contributed by atoms with Crippen molar-refractivity contribution >= 4 is 10.2 Å². The van der Waals surface area contributed by atoms with E-state index in [9.17, 15) is 0 Å². The van der Waals surface area contributed by atoms with Crippen LogP contribution in [0.1, 0.15) is 54.4 Å². The molecule has 0 aliphatic carbocycles. The maximum absolute atomic E-state index is 3.68. The zero-order valence-corrected chi connectivity index (χ0v) is 14.9. The number of hydrogen-bond acceptors (Lipinski definition) is 3. The lowest BCUT2D eigenvalue weighted by atomic mass is 10.1. The van der Waals surface area contributed by atoms with Crippen LogP contribution in [0.5, 0.6) is 0 Å². The van der Waals surface area contributed by atoms with Crippen LogP contribution in [-0.4, -0.2) is 34.2 Å². The van der Waals surface area contributed by atoms with E-state index in [1.807, 2.05) is 0 Å². The molecule has 4 heteroatoms. The summed E-state index contributed by atoms with van der Waals surface area (Å²) in [5.74, 6) is -0.110. The Morgan fingerprint density at radius 2 is 1.18 bits per heavy atom. The summed E-state index contributed by atoms with van der Waals surface area (Å²) in [5, 5.41) is 11.1. The van der Waals surface area contributed by atoms with E-state index in [1.165, 1.54) is 22.7 Å². The van der Waals surface area contributed by atoms with E-state index in [2.05, 4.69) is 57.5 Å². The molecule has 17 heavy (non-hydrogen) atoms. The molecule has 0 amide bonds. The van der Waals surface area contributed by atoms with E-state index in [1.54, 1.807) is 0 Å². The standard InChI is InChI=1S/C13H33N3Si/c1-10(2)14-13(8-7-9-17,15-11(3)4)16-12(5)6/h10-12,14-16H,7-9H2,1-6,17H3. The second-order valence-corrected chi connectivity index (χ2v) is 6.91. The average molecular weight is 260 g/mol. The predicted molar refractivity (Wildman–Crippen MR) is 81.5 cm³/mol. The maximum atomic E-state index is 3.68. The van der Waals surface area contributed by atoms with E-state index >= 15 is 0 Å². The van der Waals surface area contributed by atoms with Gasteiger partial charge >= 0.3 is 0 Å². The maximum Gasteiger partial charge on any atom is 0.124 e. The molecule has 0 unspecified atom stereocenters. The number of rotatable bonds is 9. The van der Waals surface area contributed by atoms with E-state index in [0.717, 1.165) is 6.42 Å². The molecule has 0 rings (SSSR count). The lowest BCUT2D eigenvalue weighted by molar-refractivity contribution is 0.140. The third-order valence-corrected chi connectivity index (χ3v) is 3.22. The predicted octanol–water partition coefficient (Wildman–Crippen LogP) is 1.20. The van der Waals surface area contributed by atoms with Crippen LogP contribution in [0.3, 0.4) is 0 Å². The fourth-order valence-corrected chi connectivity index (χ4v) is 2.62. The van der Waals surface area contributed by atoms with Crippen LogP contribution in [-0.2, 0) is 0 Å². The van der Waals surface area contributed by atoms with Crippen molar-refractivity contribution in [2.75, 3.05) is 0 Å². The van der Waals surface area contributed by atoms with Crippen molar-refractivity contribution in [2.24, 2.45) is 0 Å². The largest absolute Gasteiger partial charge is 0.285 e. The minimum absolute atomic E-state index is 0.110. The molecule has 0 spiro atoms. The van der Waals surface area contributed by atoms with E-state index in [-0.39, 0.29) is 5.79 Å². The van der Waals surface area contributed by atoms with E-state index in [0.29, 0.717) is 18.1 Å². The van der Waals surface area contributed by atoms with Gasteiger partial charge < -0.3 is 0 Å². The Morgan fingerprint density at radius 1 is 0.824 bits per heavy atom. The van der Waals surface area contributed by atoms with Gasteiger partial charge in [0.2, 0.25) is 0 Å². The first-order valence-electron chi connectivity index (χ1n) is 7.14. The second-order valence-electron chi connectivity index (χ2n) is 5.91. The molecule has 3 nitrogen and oxygen atoms in total. The van der Waals surface area contributed by atoms with Gasteiger partial charge in [-0.05, 0) is 48.0 Å². The van der Waals surface area contributed by atoms with Crippen molar-refractivity contribution in [3.05, 3.63) is 0 Å². The van der Waals surface area contributed by atoms with Gasteiger partial charge in [-0.3, -0.25) is 16.0 Å². The minimum atomic E-state index is -0.110. The summed E-state index contributed by atoms with van der Waals surface area (Å²) in [7, 11) is 1.30.